The predicted octanol–water partition coefficient (Wildman–Crippen LogP) is 2.26. The highest BCUT2D eigenvalue weighted by Crippen LogP contribution is 2.31. The quantitative estimate of drug-likeness (QED) is 0.945. The standard InChI is InChI=1S/C15H17N3O2S/c1-16-15-11-13(8-9-17-15)21(19,20)18-10-4-6-12-5-2-3-7-14(12)18/h2-3,5,7-9,11H,4,6,10H2,1H3,(H,16,17). The number of fused-ring (bicyclic) bond motifs is 1. The van der Waals surface area contributed by atoms with Crippen LogP contribution < -0.4 is 9.62 Å². The molecule has 5 nitrogen and oxygen atoms in total. The van der Waals surface area contributed by atoms with Crippen molar-refractivity contribution < 1.29 is 8.42 Å². The summed E-state index contributed by atoms with van der Waals surface area (Å²) in [6.45, 7) is 0.510. The summed E-state index contributed by atoms with van der Waals surface area (Å²) in [5, 5.41) is 2.87. The topological polar surface area (TPSA) is 62.3 Å². The summed E-state index contributed by atoms with van der Waals surface area (Å²) < 4.78 is 27.3. The second kappa shape index (κ2) is 5.37. The Balaban J connectivity index is 2.07. The molecule has 0 amide bonds. The molecule has 1 aromatic heterocycles. The van der Waals surface area contributed by atoms with Gasteiger partial charge in [-0.2, -0.15) is 0 Å². The van der Waals surface area contributed by atoms with Crippen LogP contribution in [0.15, 0.2) is 47.5 Å². The SMILES string of the molecule is CNc1cc(S(=O)(=O)N2CCCc3ccccc32)ccn1. The molecule has 1 N–H and O–H groups in total. The lowest BCUT2D eigenvalue weighted by atomic mass is 10.0. The third kappa shape index (κ3) is 2.47. The minimum atomic E-state index is -3.55. The lowest BCUT2D eigenvalue weighted by molar-refractivity contribution is 0.586. The van der Waals surface area contributed by atoms with Crippen LogP contribution in [0.4, 0.5) is 11.5 Å². The average molecular weight is 303 g/mol. The molecule has 2 aromatic rings. The first-order valence-corrected chi connectivity index (χ1v) is 8.31. The van der Waals surface area contributed by atoms with Crippen LogP contribution in [0.5, 0.6) is 0 Å². The Labute approximate surface area is 124 Å². The molecule has 0 spiro atoms. The summed E-state index contributed by atoms with van der Waals surface area (Å²) in [5.41, 5.74) is 1.86. The van der Waals surface area contributed by atoms with Crippen LogP contribution in [0.1, 0.15) is 12.0 Å². The minimum Gasteiger partial charge on any atom is -0.373 e. The van der Waals surface area contributed by atoms with Gasteiger partial charge in [0.05, 0.1) is 10.6 Å². The van der Waals surface area contributed by atoms with Crippen molar-refractivity contribution in [1.29, 1.82) is 0 Å². The van der Waals surface area contributed by atoms with Gasteiger partial charge in [0.15, 0.2) is 0 Å². The maximum Gasteiger partial charge on any atom is 0.264 e. The van der Waals surface area contributed by atoms with Crippen LogP contribution in [0.2, 0.25) is 0 Å². The smallest absolute Gasteiger partial charge is 0.264 e. The number of nitrogens with one attached hydrogen (secondary N) is 1. The number of aryl methyl sites for hydroxylation is 1. The van der Waals surface area contributed by atoms with Crippen LogP contribution in [0.3, 0.4) is 0 Å². The van der Waals surface area contributed by atoms with Crippen LogP contribution in [-0.2, 0) is 16.4 Å². The van der Waals surface area contributed by atoms with Gasteiger partial charge in [-0.15, -0.1) is 0 Å². The zero-order valence-corrected chi connectivity index (χ0v) is 12.6. The Kier molecular flexibility index (Phi) is 3.55. The number of aromatic nitrogens is 1. The highest BCUT2D eigenvalue weighted by molar-refractivity contribution is 7.92. The third-order valence-corrected chi connectivity index (χ3v) is 5.45. The van der Waals surface area contributed by atoms with Gasteiger partial charge >= 0.3 is 0 Å². The van der Waals surface area contributed by atoms with Gasteiger partial charge in [0.2, 0.25) is 0 Å². The van der Waals surface area contributed by atoms with E-state index in [2.05, 4.69) is 10.3 Å². The number of para-hydroxylation sites is 1. The Bertz CT molecular complexity index is 759. The minimum absolute atomic E-state index is 0.263. The molecule has 0 saturated heterocycles. The van der Waals surface area contributed by atoms with Crippen molar-refractivity contribution in [3.05, 3.63) is 48.2 Å². The van der Waals surface area contributed by atoms with Crippen molar-refractivity contribution in [1.82, 2.24) is 4.98 Å². The lowest BCUT2D eigenvalue weighted by Crippen LogP contribution is -2.35. The average Bonchev–Trinajstić information content (AvgIpc) is 2.54. The van der Waals surface area contributed by atoms with E-state index < -0.39 is 10.0 Å². The Hall–Kier alpha value is -2.08. The van der Waals surface area contributed by atoms with Crippen LogP contribution in [0, 0.1) is 0 Å². The van der Waals surface area contributed by atoms with Crippen molar-refractivity contribution in [3.8, 4) is 0 Å². The van der Waals surface area contributed by atoms with Crippen molar-refractivity contribution in [3.63, 3.8) is 0 Å². The maximum absolute atomic E-state index is 12.9. The van der Waals surface area contributed by atoms with Gasteiger partial charge in [-0.25, -0.2) is 13.4 Å². The molecule has 110 valence electrons. The zero-order chi connectivity index (χ0) is 14.9. The Morgan fingerprint density at radius 3 is 2.86 bits per heavy atom. The van der Waals surface area contributed by atoms with Gasteiger partial charge in [-0.05, 0) is 30.5 Å². The number of hydrogen-bond acceptors (Lipinski definition) is 4. The van der Waals surface area contributed by atoms with Gasteiger partial charge in [-0.3, -0.25) is 4.31 Å². The molecule has 1 aromatic carbocycles. The van der Waals surface area contributed by atoms with Crippen LogP contribution in [0.25, 0.3) is 0 Å². The monoisotopic (exact) mass is 303 g/mol. The lowest BCUT2D eigenvalue weighted by Gasteiger charge is -2.30. The first kappa shape index (κ1) is 13.9. The number of pyridine rings is 1. The van der Waals surface area contributed by atoms with Gasteiger partial charge in [0.1, 0.15) is 5.82 Å². The first-order chi connectivity index (χ1) is 10.1. The second-order valence-corrected chi connectivity index (χ2v) is 6.80. The van der Waals surface area contributed by atoms with Gasteiger partial charge < -0.3 is 5.32 Å². The summed E-state index contributed by atoms with van der Waals surface area (Å²) in [4.78, 5) is 4.33. The fourth-order valence-electron chi connectivity index (χ4n) is 2.58. The van der Waals surface area contributed by atoms with E-state index in [-0.39, 0.29) is 4.90 Å². The molecule has 0 atom stereocenters. The zero-order valence-electron chi connectivity index (χ0n) is 11.8. The van der Waals surface area contributed by atoms with Crippen LogP contribution in [-0.4, -0.2) is 27.0 Å². The van der Waals surface area contributed by atoms with E-state index in [0.717, 1.165) is 24.1 Å². The molecule has 0 saturated carbocycles. The summed E-state index contributed by atoms with van der Waals surface area (Å²) in [6, 6.07) is 10.8. The third-order valence-electron chi connectivity index (χ3n) is 3.64. The van der Waals surface area contributed by atoms with E-state index >= 15 is 0 Å². The number of benzene rings is 1. The highest BCUT2D eigenvalue weighted by atomic mass is 32.2. The van der Waals surface area contributed by atoms with E-state index in [4.69, 9.17) is 0 Å². The molecule has 0 radical (unpaired) electrons. The molecule has 1 aliphatic heterocycles. The number of hydrogen-bond donors (Lipinski definition) is 1. The number of nitrogens with zero attached hydrogens (tertiary/aromatic N) is 2. The molecule has 1 aliphatic rings. The molecule has 21 heavy (non-hydrogen) atoms. The molecular weight excluding hydrogens is 286 g/mol. The van der Waals surface area contributed by atoms with E-state index in [9.17, 15) is 8.42 Å². The normalized spacial score (nSPS) is 14.6. The van der Waals surface area contributed by atoms with Crippen molar-refractivity contribution >= 4 is 21.5 Å². The second-order valence-electron chi connectivity index (χ2n) is 4.94. The van der Waals surface area contributed by atoms with Crippen LogP contribution >= 0.6 is 0 Å². The molecule has 0 aliphatic carbocycles. The number of sulfonamides is 1. The Morgan fingerprint density at radius 1 is 1.24 bits per heavy atom. The molecule has 3 rings (SSSR count). The fraction of sp³-hybridized carbons (Fsp3) is 0.267. The predicted molar refractivity (Wildman–Crippen MR) is 83.1 cm³/mol. The number of rotatable bonds is 3. The van der Waals surface area contributed by atoms with Crippen molar-refractivity contribution in [2.75, 3.05) is 23.2 Å². The summed E-state index contributed by atoms with van der Waals surface area (Å²) in [7, 11) is -1.84. The van der Waals surface area contributed by atoms with E-state index in [1.165, 1.54) is 16.6 Å². The Morgan fingerprint density at radius 2 is 2.05 bits per heavy atom. The molecule has 0 bridgehead atoms. The van der Waals surface area contributed by atoms with E-state index in [0.29, 0.717) is 12.4 Å². The molecule has 0 unspecified atom stereocenters. The van der Waals surface area contributed by atoms with Gasteiger partial charge in [0, 0.05) is 25.9 Å². The molecule has 2 heterocycles. The van der Waals surface area contributed by atoms with Gasteiger partial charge in [-0.1, -0.05) is 18.2 Å². The summed E-state index contributed by atoms with van der Waals surface area (Å²) in [5.74, 6) is 0.543. The van der Waals surface area contributed by atoms with E-state index in [1.807, 2.05) is 24.3 Å². The number of anilines is 2. The first-order valence-electron chi connectivity index (χ1n) is 6.87. The maximum atomic E-state index is 12.9. The molecule has 6 heteroatoms. The van der Waals surface area contributed by atoms with Crippen molar-refractivity contribution in [2.45, 2.75) is 17.7 Å². The van der Waals surface area contributed by atoms with Crippen molar-refractivity contribution in [2.24, 2.45) is 0 Å². The van der Waals surface area contributed by atoms with Gasteiger partial charge in [0.25, 0.3) is 10.0 Å². The fourth-order valence-corrected chi connectivity index (χ4v) is 4.14. The highest BCUT2D eigenvalue weighted by Gasteiger charge is 2.29. The molecular formula is C15H17N3O2S. The summed E-state index contributed by atoms with van der Waals surface area (Å²) >= 11 is 0. The summed E-state index contributed by atoms with van der Waals surface area (Å²) in [6.07, 6.45) is 3.26. The van der Waals surface area contributed by atoms with E-state index in [1.54, 1.807) is 13.1 Å². The molecule has 0 fully saturated rings. The largest absolute Gasteiger partial charge is 0.373 e.